The normalized spacial score (nSPS) is 20.1. The summed E-state index contributed by atoms with van der Waals surface area (Å²) >= 11 is 0. The molecule has 4 heteroatoms. The van der Waals surface area contributed by atoms with Gasteiger partial charge in [0, 0.05) is 6.54 Å². The molecule has 1 aliphatic rings. The van der Waals surface area contributed by atoms with Crippen molar-refractivity contribution in [2.75, 3.05) is 11.4 Å². The molecule has 2 rings (SSSR count). The van der Waals surface area contributed by atoms with Crippen molar-refractivity contribution in [1.82, 2.24) is 5.32 Å². The molecule has 0 bridgehead atoms. The number of carbonyl (C=O) groups is 2. The third kappa shape index (κ3) is 2.69. The summed E-state index contributed by atoms with van der Waals surface area (Å²) < 4.78 is 0. The van der Waals surface area contributed by atoms with Crippen LogP contribution in [0.15, 0.2) is 24.3 Å². The minimum atomic E-state index is -0.432. The van der Waals surface area contributed by atoms with E-state index < -0.39 is 6.04 Å². The first kappa shape index (κ1) is 14.6. The van der Waals surface area contributed by atoms with Gasteiger partial charge in [0.1, 0.15) is 6.04 Å². The Morgan fingerprint density at radius 3 is 2.60 bits per heavy atom. The summed E-state index contributed by atoms with van der Waals surface area (Å²) in [5.74, 6) is 0.233. The number of anilines is 1. The topological polar surface area (TPSA) is 49.4 Å². The second kappa shape index (κ2) is 6.07. The number of carbonyl (C=O) groups excluding carboxylic acids is 2. The highest BCUT2D eigenvalue weighted by molar-refractivity contribution is 6.10. The summed E-state index contributed by atoms with van der Waals surface area (Å²) in [6, 6.07) is 6.90. The van der Waals surface area contributed by atoms with Crippen molar-refractivity contribution in [3.8, 4) is 0 Å². The smallest absolute Gasteiger partial charge is 0.254 e. The van der Waals surface area contributed by atoms with Crippen LogP contribution in [-0.2, 0) is 4.79 Å². The molecule has 4 nitrogen and oxygen atoms in total. The van der Waals surface area contributed by atoms with Crippen LogP contribution in [0.1, 0.15) is 44.0 Å². The number of nitrogens with one attached hydrogen (secondary N) is 1. The molecule has 1 N–H and O–H groups in total. The fourth-order valence-electron chi connectivity index (χ4n) is 2.41. The maximum Gasteiger partial charge on any atom is 0.254 e. The summed E-state index contributed by atoms with van der Waals surface area (Å²) in [4.78, 5) is 26.7. The largest absolute Gasteiger partial charge is 0.340 e. The summed E-state index contributed by atoms with van der Waals surface area (Å²) in [5, 5.41) is 2.83. The lowest BCUT2D eigenvalue weighted by Gasteiger charge is -2.27. The molecule has 0 aliphatic carbocycles. The van der Waals surface area contributed by atoms with Crippen LogP contribution in [-0.4, -0.2) is 24.4 Å². The minimum absolute atomic E-state index is 0.00824. The molecular formula is C16H22N2O2. The summed E-state index contributed by atoms with van der Waals surface area (Å²) in [5.41, 5.74) is 1.31. The minimum Gasteiger partial charge on any atom is -0.340 e. The van der Waals surface area contributed by atoms with Gasteiger partial charge in [-0.1, -0.05) is 39.3 Å². The monoisotopic (exact) mass is 274 g/mol. The zero-order valence-corrected chi connectivity index (χ0v) is 12.3. The van der Waals surface area contributed by atoms with Crippen LogP contribution in [0.4, 0.5) is 5.69 Å². The molecule has 0 spiro atoms. The lowest BCUT2D eigenvalue weighted by atomic mass is 10.1. The van der Waals surface area contributed by atoms with Gasteiger partial charge in [0.2, 0.25) is 5.91 Å². The van der Waals surface area contributed by atoms with Gasteiger partial charge < -0.3 is 10.2 Å². The van der Waals surface area contributed by atoms with Crippen molar-refractivity contribution in [1.29, 1.82) is 0 Å². The predicted octanol–water partition coefficient (Wildman–Crippen LogP) is 2.59. The Balaban J connectivity index is 2.45. The second-order valence-corrected chi connectivity index (χ2v) is 5.41. The average Bonchev–Trinajstić information content (AvgIpc) is 2.57. The molecule has 1 heterocycles. The van der Waals surface area contributed by atoms with Gasteiger partial charge in [-0.05, 0) is 24.5 Å². The molecule has 1 aromatic carbocycles. The van der Waals surface area contributed by atoms with Crippen LogP contribution in [0.5, 0.6) is 0 Å². The maximum absolute atomic E-state index is 12.6. The first-order valence-electron chi connectivity index (χ1n) is 7.29. The molecule has 0 fully saturated rings. The highest BCUT2D eigenvalue weighted by Crippen LogP contribution is 2.26. The molecule has 2 unspecified atom stereocenters. The first-order chi connectivity index (χ1) is 9.58. The predicted molar refractivity (Wildman–Crippen MR) is 79.8 cm³/mol. The zero-order valence-electron chi connectivity index (χ0n) is 12.3. The van der Waals surface area contributed by atoms with E-state index in [0.717, 1.165) is 12.1 Å². The Morgan fingerprint density at radius 1 is 1.25 bits per heavy atom. The van der Waals surface area contributed by atoms with Crippen molar-refractivity contribution in [2.45, 2.75) is 39.7 Å². The molecule has 2 atom stereocenters. The number of hydrogen-bond acceptors (Lipinski definition) is 2. The second-order valence-electron chi connectivity index (χ2n) is 5.41. The van der Waals surface area contributed by atoms with Gasteiger partial charge in [0.25, 0.3) is 5.91 Å². The Kier molecular flexibility index (Phi) is 4.42. The Hall–Kier alpha value is -1.84. The molecule has 0 aromatic heterocycles. The number of rotatable bonds is 4. The first-order valence-corrected chi connectivity index (χ1v) is 7.29. The molecule has 2 amide bonds. The van der Waals surface area contributed by atoms with E-state index in [9.17, 15) is 9.59 Å². The number of nitrogens with zero attached hydrogens (tertiary/aromatic N) is 1. The molecule has 0 saturated carbocycles. The summed E-state index contributed by atoms with van der Waals surface area (Å²) in [6.07, 6.45) is 1.61. The number of amides is 2. The fourth-order valence-corrected chi connectivity index (χ4v) is 2.41. The molecule has 0 saturated heterocycles. The van der Waals surface area contributed by atoms with E-state index in [1.807, 2.05) is 25.1 Å². The Morgan fingerprint density at radius 2 is 1.95 bits per heavy atom. The fraction of sp³-hybridized carbons (Fsp3) is 0.500. The summed E-state index contributed by atoms with van der Waals surface area (Å²) in [6.45, 7) is 6.80. The number of benzene rings is 1. The van der Waals surface area contributed by atoms with Crippen LogP contribution >= 0.6 is 0 Å². The van der Waals surface area contributed by atoms with Crippen LogP contribution < -0.4 is 10.2 Å². The van der Waals surface area contributed by atoms with E-state index in [4.69, 9.17) is 0 Å². The van der Waals surface area contributed by atoms with Crippen LogP contribution in [0.2, 0.25) is 0 Å². The molecule has 20 heavy (non-hydrogen) atoms. The molecule has 0 radical (unpaired) electrons. The van der Waals surface area contributed by atoms with Crippen LogP contribution in [0.3, 0.4) is 0 Å². The van der Waals surface area contributed by atoms with E-state index in [2.05, 4.69) is 19.2 Å². The van der Waals surface area contributed by atoms with Gasteiger partial charge in [-0.15, -0.1) is 0 Å². The van der Waals surface area contributed by atoms with Crippen molar-refractivity contribution in [3.63, 3.8) is 0 Å². The van der Waals surface area contributed by atoms with Gasteiger partial charge in [0.05, 0.1) is 11.3 Å². The number of fused-ring (bicyclic) bond motifs is 1. The van der Waals surface area contributed by atoms with Crippen LogP contribution in [0.25, 0.3) is 0 Å². The van der Waals surface area contributed by atoms with Crippen molar-refractivity contribution >= 4 is 17.5 Å². The lowest BCUT2D eigenvalue weighted by molar-refractivity contribution is -0.120. The average molecular weight is 274 g/mol. The summed E-state index contributed by atoms with van der Waals surface area (Å²) in [7, 11) is 0. The van der Waals surface area contributed by atoms with E-state index in [0.29, 0.717) is 24.4 Å². The van der Waals surface area contributed by atoms with Crippen molar-refractivity contribution in [3.05, 3.63) is 29.8 Å². The standard InChI is InChI=1S/C16H22N2O2/c1-4-11(3)10-18-14-9-7-6-8-12(14)15(19)17-13(5-2)16(18)20/h6-9,11,13H,4-5,10H2,1-3H3,(H,17,19). The number of para-hydroxylation sites is 1. The quantitative estimate of drug-likeness (QED) is 0.917. The highest BCUT2D eigenvalue weighted by atomic mass is 16.2. The van der Waals surface area contributed by atoms with Gasteiger partial charge >= 0.3 is 0 Å². The molecule has 108 valence electrons. The molecule has 1 aliphatic heterocycles. The maximum atomic E-state index is 12.6. The Labute approximate surface area is 120 Å². The number of hydrogen-bond donors (Lipinski definition) is 1. The zero-order chi connectivity index (χ0) is 14.7. The van der Waals surface area contributed by atoms with Crippen molar-refractivity contribution in [2.24, 2.45) is 5.92 Å². The Bertz CT molecular complexity index is 513. The van der Waals surface area contributed by atoms with Gasteiger partial charge in [-0.3, -0.25) is 9.59 Å². The van der Waals surface area contributed by atoms with Crippen molar-refractivity contribution < 1.29 is 9.59 Å². The van der Waals surface area contributed by atoms with E-state index in [1.54, 1.807) is 11.0 Å². The SMILES string of the molecule is CCC(C)CN1C(=O)C(CC)NC(=O)c2ccccc21. The molecular weight excluding hydrogens is 252 g/mol. The van der Waals surface area contributed by atoms with E-state index in [1.165, 1.54) is 0 Å². The van der Waals surface area contributed by atoms with E-state index in [-0.39, 0.29) is 11.8 Å². The third-order valence-corrected chi connectivity index (χ3v) is 3.91. The van der Waals surface area contributed by atoms with Gasteiger partial charge in [0.15, 0.2) is 0 Å². The highest BCUT2D eigenvalue weighted by Gasteiger charge is 2.32. The third-order valence-electron chi connectivity index (χ3n) is 3.91. The van der Waals surface area contributed by atoms with Gasteiger partial charge in [-0.25, -0.2) is 0 Å². The van der Waals surface area contributed by atoms with Gasteiger partial charge in [-0.2, -0.15) is 0 Å². The van der Waals surface area contributed by atoms with E-state index >= 15 is 0 Å². The molecule has 1 aromatic rings. The lowest BCUT2D eigenvalue weighted by Crippen LogP contribution is -2.46. The van der Waals surface area contributed by atoms with Crippen LogP contribution in [0, 0.1) is 5.92 Å².